The largest absolute Gasteiger partial charge is 0.289 e. The molecule has 6 nitrogen and oxygen atoms in total. The Bertz CT molecular complexity index is 537. The molecule has 0 heterocycles. The van der Waals surface area contributed by atoms with Crippen molar-refractivity contribution in [1.82, 2.24) is 4.72 Å². The highest BCUT2D eigenvalue weighted by Crippen LogP contribution is 2.26. The summed E-state index contributed by atoms with van der Waals surface area (Å²) in [5, 5.41) is 10.8. The van der Waals surface area contributed by atoms with Crippen molar-refractivity contribution in [2.75, 3.05) is 0 Å². The fourth-order valence-corrected chi connectivity index (χ4v) is 3.12. The van der Waals surface area contributed by atoms with Gasteiger partial charge in [-0.05, 0) is 18.9 Å². The molecule has 17 heavy (non-hydrogen) atoms. The number of nitro groups is 1. The van der Waals surface area contributed by atoms with E-state index in [-0.39, 0.29) is 16.6 Å². The molecular formula is C10H12N2O4S. The van der Waals surface area contributed by atoms with Gasteiger partial charge >= 0.3 is 0 Å². The Kier molecular flexibility index (Phi) is 3.12. The van der Waals surface area contributed by atoms with Crippen molar-refractivity contribution in [1.29, 1.82) is 0 Å². The van der Waals surface area contributed by atoms with E-state index in [1.807, 2.05) is 0 Å². The van der Waals surface area contributed by atoms with Crippen molar-refractivity contribution in [3.63, 3.8) is 0 Å². The number of rotatable bonds is 4. The molecule has 7 heteroatoms. The van der Waals surface area contributed by atoms with Gasteiger partial charge in [0.15, 0.2) is 4.90 Å². The Morgan fingerprint density at radius 2 is 1.94 bits per heavy atom. The quantitative estimate of drug-likeness (QED) is 0.651. The first-order chi connectivity index (χ1) is 8.00. The zero-order valence-electron chi connectivity index (χ0n) is 9.00. The van der Waals surface area contributed by atoms with Crippen molar-refractivity contribution in [2.24, 2.45) is 0 Å². The van der Waals surface area contributed by atoms with Gasteiger partial charge in [0, 0.05) is 12.1 Å². The number of nitrogens with zero attached hydrogens (tertiary/aromatic N) is 1. The highest BCUT2D eigenvalue weighted by Gasteiger charge is 2.29. The summed E-state index contributed by atoms with van der Waals surface area (Å²) in [6.45, 7) is 0. The molecule has 0 aliphatic heterocycles. The van der Waals surface area contributed by atoms with Gasteiger partial charge < -0.3 is 0 Å². The minimum absolute atomic E-state index is 0.0835. The van der Waals surface area contributed by atoms with E-state index >= 15 is 0 Å². The summed E-state index contributed by atoms with van der Waals surface area (Å²) in [5.41, 5.74) is -0.390. The fourth-order valence-electron chi connectivity index (χ4n) is 1.64. The fraction of sp³-hybridized carbons (Fsp3) is 0.400. The highest BCUT2D eigenvalue weighted by atomic mass is 32.2. The molecule has 1 aromatic rings. The third-order valence-corrected chi connectivity index (χ3v) is 4.35. The molecule has 0 bridgehead atoms. The van der Waals surface area contributed by atoms with Gasteiger partial charge in [0.1, 0.15) is 0 Å². The average Bonchev–Trinajstić information content (AvgIpc) is 2.24. The molecule has 1 aliphatic carbocycles. The van der Waals surface area contributed by atoms with Gasteiger partial charge in [0.2, 0.25) is 10.0 Å². The van der Waals surface area contributed by atoms with Crippen LogP contribution in [0.1, 0.15) is 19.3 Å². The molecular weight excluding hydrogens is 244 g/mol. The lowest BCUT2D eigenvalue weighted by molar-refractivity contribution is -0.387. The van der Waals surface area contributed by atoms with Crippen molar-refractivity contribution < 1.29 is 13.3 Å². The average molecular weight is 256 g/mol. The molecule has 0 aromatic heterocycles. The van der Waals surface area contributed by atoms with Gasteiger partial charge in [-0.2, -0.15) is 0 Å². The van der Waals surface area contributed by atoms with Crippen LogP contribution in [-0.2, 0) is 10.0 Å². The third-order valence-electron chi connectivity index (χ3n) is 2.78. The molecule has 1 aromatic carbocycles. The smallest absolute Gasteiger partial charge is 0.258 e. The van der Waals surface area contributed by atoms with E-state index in [2.05, 4.69) is 4.72 Å². The lowest BCUT2D eigenvalue weighted by Crippen LogP contribution is -2.39. The standard InChI is InChI=1S/C10H12N2O4S/c13-12(14)9-6-1-2-7-10(9)17(15,16)11-8-4-3-5-8/h1-2,6-8,11H,3-5H2. The summed E-state index contributed by atoms with van der Waals surface area (Å²) < 4.78 is 26.4. The topological polar surface area (TPSA) is 89.3 Å². The molecule has 2 rings (SSSR count). The predicted octanol–water partition coefficient (Wildman–Crippen LogP) is 1.43. The molecule has 0 unspecified atom stereocenters. The second-order valence-electron chi connectivity index (χ2n) is 3.97. The lowest BCUT2D eigenvalue weighted by Gasteiger charge is -2.25. The maximum absolute atomic E-state index is 11.9. The minimum atomic E-state index is -3.79. The normalized spacial score (nSPS) is 16.5. The molecule has 92 valence electrons. The van der Waals surface area contributed by atoms with Crippen molar-refractivity contribution in [3.05, 3.63) is 34.4 Å². The van der Waals surface area contributed by atoms with E-state index < -0.39 is 14.9 Å². The summed E-state index contributed by atoms with van der Waals surface area (Å²) in [5.74, 6) is 0. The van der Waals surface area contributed by atoms with E-state index in [4.69, 9.17) is 0 Å². The summed E-state index contributed by atoms with van der Waals surface area (Å²) in [6.07, 6.45) is 2.57. The summed E-state index contributed by atoms with van der Waals surface area (Å²) in [6, 6.07) is 5.27. The Balaban J connectivity index is 2.34. The SMILES string of the molecule is O=[N+]([O-])c1ccccc1S(=O)(=O)NC1CCC1. The van der Waals surface area contributed by atoms with Crippen LogP contribution in [0, 0.1) is 10.1 Å². The van der Waals surface area contributed by atoms with Crippen LogP contribution >= 0.6 is 0 Å². The van der Waals surface area contributed by atoms with Crippen LogP contribution in [0.25, 0.3) is 0 Å². The Morgan fingerprint density at radius 3 is 2.47 bits per heavy atom. The molecule has 1 saturated carbocycles. The van der Waals surface area contributed by atoms with Crippen LogP contribution < -0.4 is 4.72 Å². The molecule has 0 amide bonds. The van der Waals surface area contributed by atoms with Crippen LogP contribution in [-0.4, -0.2) is 19.4 Å². The number of para-hydroxylation sites is 1. The van der Waals surface area contributed by atoms with Crippen LogP contribution in [0.5, 0.6) is 0 Å². The van der Waals surface area contributed by atoms with E-state index in [9.17, 15) is 18.5 Å². The van der Waals surface area contributed by atoms with Gasteiger partial charge in [-0.15, -0.1) is 0 Å². The molecule has 1 fully saturated rings. The molecule has 0 radical (unpaired) electrons. The number of sulfonamides is 1. The summed E-state index contributed by atoms with van der Waals surface area (Å²) in [7, 11) is -3.79. The van der Waals surface area contributed by atoms with Gasteiger partial charge in [-0.25, -0.2) is 13.1 Å². The van der Waals surface area contributed by atoms with E-state index in [1.165, 1.54) is 24.3 Å². The number of hydrogen-bond acceptors (Lipinski definition) is 4. The van der Waals surface area contributed by atoms with E-state index in [1.54, 1.807) is 0 Å². The zero-order chi connectivity index (χ0) is 12.5. The van der Waals surface area contributed by atoms with Gasteiger partial charge in [-0.1, -0.05) is 18.6 Å². The number of nitro benzene ring substituents is 1. The van der Waals surface area contributed by atoms with Crippen molar-refractivity contribution in [3.8, 4) is 0 Å². The van der Waals surface area contributed by atoms with Crippen LogP contribution in [0.15, 0.2) is 29.2 Å². The van der Waals surface area contributed by atoms with E-state index in [0.29, 0.717) is 0 Å². The molecule has 1 N–H and O–H groups in total. The first-order valence-corrected chi connectivity index (χ1v) is 6.75. The molecule has 0 saturated heterocycles. The first-order valence-electron chi connectivity index (χ1n) is 5.26. The van der Waals surface area contributed by atoms with Crippen LogP contribution in [0.4, 0.5) is 5.69 Å². The second-order valence-corrected chi connectivity index (χ2v) is 5.66. The monoisotopic (exact) mass is 256 g/mol. The maximum atomic E-state index is 11.9. The van der Waals surface area contributed by atoms with Gasteiger partial charge in [-0.3, -0.25) is 10.1 Å². The highest BCUT2D eigenvalue weighted by molar-refractivity contribution is 7.89. The molecule has 0 atom stereocenters. The van der Waals surface area contributed by atoms with Crippen molar-refractivity contribution >= 4 is 15.7 Å². The first kappa shape index (κ1) is 12.0. The number of hydrogen-bond donors (Lipinski definition) is 1. The second kappa shape index (κ2) is 4.42. The molecule has 0 spiro atoms. The van der Waals surface area contributed by atoms with Crippen LogP contribution in [0.2, 0.25) is 0 Å². The Morgan fingerprint density at radius 1 is 1.29 bits per heavy atom. The Labute approximate surface area is 98.8 Å². The van der Waals surface area contributed by atoms with Crippen LogP contribution in [0.3, 0.4) is 0 Å². The Hall–Kier alpha value is -1.47. The number of benzene rings is 1. The lowest BCUT2D eigenvalue weighted by atomic mass is 9.94. The predicted molar refractivity (Wildman–Crippen MR) is 61.1 cm³/mol. The van der Waals surface area contributed by atoms with Gasteiger partial charge in [0.05, 0.1) is 4.92 Å². The maximum Gasteiger partial charge on any atom is 0.289 e. The minimum Gasteiger partial charge on any atom is -0.258 e. The molecule has 1 aliphatic rings. The summed E-state index contributed by atoms with van der Waals surface area (Å²) >= 11 is 0. The summed E-state index contributed by atoms with van der Waals surface area (Å²) in [4.78, 5) is 9.80. The van der Waals surface area contributed by atoms with Crippen molar-refractivity contribution in [2.45, 2.75) is 30.2 Å². The zero-order valence-corrected chi connectivity index (χ0v) is 9.81. The van der Waals surface area contributed by atoms with E-state index in [0.717, 1.165) is 19.3 Å². The third kappa shape index (κ3) is 2.45. The number of nitrogens with one attached hydrogen (secondary N) is 1. The van der Waals surface area contributed by atoms with Gasteiger partial charge in [0.25, 0.3) is 5.69 Å².